The van der Waals surface area contributed by atoms with Crippen molar-refractivity contribution in [2.24, 2.45) is 0 Å². The summed E-state index contributed by atoms with van der Waals surface area (Å²) in [7, 11) is 0. The predicted octanol–water partition coefficient (Wildman–Crippen LogP) is 3.28. The number of fused-ring (bicyclic) bond motifs is 2. The van der Waals surface area contributed by atoms with Crippen LogP contribution in [0.4, 0.5) is 0 Å². The molecule has 0 aromatic heterocycles. The Morgan fingerprint density at radius 1 is 0.897 bits per heavy atom. The van der Waals surface area contributed by atoms with Crippen molar-refractivity contribution in [2.45, 2.75) is 25.3 Å². The maximum absolute atomic E-state index is 12.5. The molecule has 29 heavy (non-hydrogen) atoms. The maximum atomic E-state index is 12.5. The van der Waals surface area contributed by atoms with Gasteiger partial charge in [-0.25, -0.2) is 0 Å². The molecule has 1 fully saturated rings. The largest absolute Gasteiger partial charge is 0.486 e. The van der Waals surface area contributed by atoms with E-state index in [9.17, 15) is 9.59 Å². The molecule has 0 spiro atoms. The first-order chi connectivity index (χ1) is 14.2. The fourth-order valence-corrected chi connectivity index (χ4v) is 4.61. The highest BCUT2D eigenvalue weighted by Crippen LogP contribution is 2.38. The summed E-state index contributed by atoms with van der Waals surface area (Å²) in [5, 5.41) is 0. The van der Waals surface area contributed by atoms with Crippen LogP contribution in [0.15, 0.2) is 42.5 Å². The second-order valence-electron chi connectivity index (χ2n) is 7.76. The summed E-state index contributed by atoms with van der Waals surface area (Å²) in [5.74, 6) is 1.30. The molecule has 150 valence electrons. The minimum absolute atomic E-state index is 0.171. The molecule has 0 bridgehead atoms. The van der Waals surface area contributed by atoms with Crippen LogP contribution in [0.3, 0.4) is 0 Å². The van der Waals surface area contributed by atoms with Gasteiger partial charge in [0, 0.05) is 19.1 Å². The number of carbonyl (C=O) groups is 2. The Bertz CT molecular complexity index is 923. The van der Waals surface area contributed by atoms with Gasteiger partial charge in [-0.15, -0.1) is 0 Å². The lowest BCUT2D eigenvalue weighted by molar-refractivity contribution is 0.0646. The molecule has 0 aliphatic carbocycles. The van der Waals surface area contributed by atoms with Crippen LogP contribution in [0.25, 0.3) is 0 Å². The minimum atomic E-state index is -0.171. The Hall–Kier alpha value is -2.86. The lowest BCUT2D eigenvalue weighted by Crippen LogP contribution is -2.33. The molecule has 1 atom stereocenters. The molecule has 2 aromatic carbocycles. The lowest BCUT2D eigenvalue weighted by atomic mass is 10.0. The molecule has 2 amide bonds. The zero-order chi connectivity index (χ0) is 19.8. The summed E-state index contributed by atoms with van der Waals surface area (Å²) in [6.45, 7) is 3.52. The van der Waals surface area contributed by atoms with Gasteiger partial charge >= 0.3 is 0 Å². The molecular formula is C23H24N2O4. The van der Waals surface area contributed by atoms with Crippen LogP contribution in [0.1, 0.15) is 51.6 Å². The summed E-state index contributed by atoms with van der Waals surface area (Å²) < 4.78 is 11.4. The normalized spacial score (nSPS) is 21.0. The Labute approximate surface area is 170 Å². The van der Waals surface area contributed by atoms with Gasteiger partial charge in [0.2, 0.25) is 0 Å². The van der Waals surface area contributed by atoms with Gasteiger partial charge < -0.3 is 9.47 Å². The van der Waals surface area contributed by atoms with E-state index in [0.29, 0.717) is 36.9 Å². The molecule has 6 heteroatoms. The van der Waals surface area contributed by atoms with Crippen LogP contribution in [-0.4, -0.2) is 54.5 Å². The van der Waals surface area contributed by atoms with Gasteiger partial charge in [-0.3, -0.25) is 19.4 Å². The predicted molar refractivity (Wildman–Crippen MR) is 107 cm³/mol. The van der Waals surface area contributed by atoms with Crippen molar-refractivity contribution >= 4 is 11.8 Å². The molecule has 5 rings (SSSR count). The van der Waals surface area contributed by atoms with Crippen LogP contribution < -0.4 is 9.47 Å². The third-order valence-corrected chi connectivity index (χ3v) is 6.02. The van der Waals surface area contributed by atoms with Crippen molar-refractivity contribution in [3.05, 3.63) is 59.2 Å². The van der Waals surface area contributed by atoms with Crippen molar-refractivity contribution in [2.75, 3.05) is 32.8 Å². The summed E-state index contributed by atoms with van der Waals surface area (Å²) in [4.78, 5) is 28.9. The van der Waals surface area contributed by atoms with E-state index >= 15 is 0 Å². The zero-order valence-corrected chi connectivity index (χ0v) is 16.3. The number of hydrogen-bond donors (Lipinski definition) is 0. The second kappa shape index (κ2) is 7.52. The fourth-order valence-electron chi connectivity index (χ4n) is 4.61. The number of rotatable bonds is 5. The number of benzene rings is 2. The number of imide groups is 1. The number of likely N-dealkylation sites (tertiary alicyclic amines) is 1. The third kappa shape index (κ3) is 3.27. The molecule has 0 N–H and O–H groups in total. The number of amides is 2. The van der Waals surface area contributed by atoms with Crippen molar-refractivity contribution in [1.82, 2.24) is 9.80 Å². The number of ether oxygens (including phenoxy) is 2. The van der Waals surface area contributed by atoms with E-state index in [2.05, 4.69) is 17.0 Å². The van der Waals surface area contributed by atoms with Crippen molar-refractivity contribution in [3.8, 4) is 11.5 Å². The molecular weight excluding hydrogens is 368 g/mol. The smallest absolute Gasteiger partial charge is 0.261 e. The SMILES string of the molecule is O=C1c2ccccc2C(=O)N1CCCN1CCCC1c1ccc2c(c1)OCCO2. The molecule has 2 aromatic rings. The van der Waals surface area contributed by atoms with Gasteiger partial charge in [0.1, 0.15) is 13.2 Å². The van der Waals surface area contributed by atoms with Gasteiger partial charge in [0.25, 0.3) is 11.8 Å². The maximum Gasteiger partial charge on any atom is 0.261 e. The molecule has 1 saturated heterocycles. The zero-order valence-electron chi connectivity index (χ0n) is 16.3. The molecule has 3 aliphatic rings. The van der Waals surface area contributed by atoms with Crippen LogP contribution in [0, 0.1) is 0 Å². The van der Waals surface area contributed by atoms with E-state index in [0.717, 1.165) is 43.9 Å². The Balaban J connectivity index is 1.22. The first-order valence-electron chi connectivity index (χ1n) is 10.3. The number of hydrogen-bond acceptors (Lipinski definition) is 5. The average molecular weight is 392 g/mol. The Kier molecular flexibility index (Phi) is 4.72. The first kappa shape index (κ1) is 18.2. The summed E-state index contributed by atoms with van der Waals surface area (Å²) in [6, 6.07) is 13.6. The molecule has 1 unspecified atom stereocenters. The minimum Gasteiger partial charge on any atom is -0.486 e. The topological polar surface area (TPSA) is 59.1 Å². The third-order valence-electron chi connectivity index (χ3n) is 6.02. The van der Waals surface area contributed by atoms with Gasteiger partial charge in [-0.1, -0.05) is 18.2 Å². The Morgan fingerprint density at radius 3 is 2.38 bits per heavy atom. The monoisotopic (exact) mass is 392 g/mol. The van der Waals surface area contributed by atoms with Crippen molar-refractivity contribution in [3.63, 3.8) is 0 Å². The molecule has 0 radical (unpaired) electrons. The van der Waals surface area contributed by atoms with Crippen LogP contribution in [-0.2, 0) is 0 Å². The summed E-state index contributed by atoms with van der Waals surface area (Å²) in [5.41, 5.74) is 2.29. The van der Waals surface area contributed by atoms with Crippen LogP contribution >= 0.6 is 0 Å². The average Bonchev–Trinajstić information content (AvgIpc) is 3.32. The van der Waals surface area contributed by atoms with E-state index < -0.39 is 0 Å². The standard InChI is InChI=1S/C23H24N2O4/c26-22-17-5-1-2-6-18(17)23(27)25(22)12-4-11-24-10-3-7-19(24)16-8-9-20-21(15-16)29-14-13-28-20/h1-2,5-6,8-9,15,19H,3-4,7,10-14H2. The van der Waals surface area contributed by atoms with Crippen molar-refractivity contribution in [1.29, 1.82) is 0 Å². The number of nitrogens with zero attached hydrogens (tertiary/aromatic N) is 2. The molecule has 6 nitrogen and oxygen atoms in total. The second-order valence-corrected chi connectivity index (χ2v) is 7.76. The van der Waals surface area contributed by atoms with E-state index in [-0.39, 0.29) is 11.8 Å². The highest BCUT2D eigenvalue weighted by molar-refractivity contribution is 6.21. The van der Waals surface area contributed by atoms with E-state index in [1.807, 2.05) is 6.07 Å². The van der Waals surface area contributed by atoms with Gasteiger partial charge in [0.05, 0.1) is 11.1 Å². The van der Waals surface area contributed by atoms with E-state index in [4.69, 9.17) is 9.47 Å². The first-order valence-corrected chi connectivity index (χ1v) is 10.3. The quantitative estimate of drug-likeness (QED) is 0.731. The fraction of sp³-hybridized carbons (Fsp3) is 0.391. The lowest BCUT2D eigenvalue weighted by Gasteiger charge is -2.27. The summed E-state index contributed by atoms with van der Waals surface area (Å²) in [6.07, 6.45) is 3.02. The van der Waals surface area contributed by atoms with Crippen LogP contribution in [0.5, 0.6) is 11.5 Å². The highest BCUT2D eigenvalue weighted by Gasteiger charge is 2.35. The molecule has 0 saturated carbocycles. The number of carbonyl (C=O) groups excluding carboxylic acids is 2. The summed E-state index contributed by atoms with van der Waals surface area (Å²) >= 11 is 0. The van der Waals surface area contributed by atoms with Gasteiger partial charge in [0.15, 0.2) is 11.5 Å². The van der Waals surface area contributed by atoms with E-state index in [1.165, 1.54) is 10.5 Å². The highest BCUT2D eigenvalue weighted by atomic mass is 16.6. The molecule has 3 heterocycles. The van der Waals surface area contributed by atoms with E-state index in [1.54, 1.807) is 24.3 Å². The van der Waals surface area contributed by atoms with Gasteiger partial charge in [-0.05, 0) is 55.6 Å². The van der Waals surface area contributed by atoms with Gasteiger partial charge in [-0.2, -0.15) is 0 Å². The van der Waals surface area contributed by atoms with Crippen LogP contribution in [0.2, 0.25) is 0 Å². The molecule has 3 aliphatic heterocycles. The Morgan fingerprint density at radius 2 is 1.62 bits per heavy atom. The van der Waals surface area contributed by atoms with Crippen molar-refractivity contribution < 1.29 is 19.1 Å².